The minimum atomic E-state index is -0.925. The Labute approximate surface area is 75.9 Å². The van der Waals surface area contributed by atoms with Gasteiger partial charge in [-0.25, -0.2) is 4.79 Å². The fourth-order valence-corrected chi connectivity index (χ4v) is 0.799. The lowest BCUT2D eigenvalue weighted by Gasteiger charge is -1.91. The minimum Gasteiger partial charge on any atom is -0.478 e. The highest BCUT2D eigenvalue weighted by molar-refractivity contribution is 5.79. The molecule has 1 rings (SSSR count). The van der Waals surface area contributed by atoms with E-state index in [1.807, 2.05) is 18.2 Å². The Hall–Kier alpha value is -1.68. The normalized spacial score (nSPS) is 9.54. The summed E-state index contributed by atoms with van der Waals surface area (Å²) < 4.78 is 0. The first-order valence-electron chi connectivity index (χ1n) is 3.58. The molecule has 4 nitrogen and oxygen atoms in total. The van der Waals surface area contributed by atoms with Crippen LogP contribution in [0, 0.1) is 0 Å². The minimum absolute atomic E-state index is 0. The number of carboxylic acid groups (broad SMARTS) is 1. The van der Waals surface area contributed by atoms with E-state index in [2.05, 4.69) is 4.98 Å². The van der Waals surface area contributed by atoms with E-state index in [1.54, 1.807) is 12.3 Å². The molecule has 0 radical (unpaired) electrons. The molecule has 1 heterocycles. The first-order valence-corrected chi connectivity index (χ1v) is 3.58. The van der Waals surface area contributed by atoms with Crippen LogP contribution in [0.15, 0.2) is 36.5 Å². The molecule has 13 heavy (non-hydrogen) atoms. The number of aromatic nitrogens is 1. The van der Waals surface area contributed by atoms with Gasteiger partial charge in [0.25, 0.3) is 0 Å². The standard InChI is InChI=1S/C9H9NO2.H2O/c11-9(12)6-3-5-8-4-1-2-7-10-8;/h1-4,6-7H,5H2,(H,11,12);1H2. The van der Waals surface area contributed by atoms with Crippen molar-refractivity contribution in [1.82, 2.24) is 4.98 Å². The van der Waals surface area contributed by atoms with Crippen molar-refractivity contribution in [2.45, 2.75) is 6.42 Å². The molecule has 1 aromatic rings. The average Bonchev–Trinajstić information content (AvgIpc) is 2.05. The third-order valence-corrected chi connectivity index (χ3v) is 1.31. The number of nitrogens with zero attached hydrogens (tertiary/aromatic N) is 1. The number of carboxylic acids is 1. The van der Waals surface area contributed by atoms with Gasteiger partial charge in [0.1, 0.15) is 0 Å². The van der Waals surface area contributed by atoms with Gasteiger partial charge in [-0.1, -0.05) is 12.1 Å². The molecule has 4 heteroatoms. The quantitative estimate of drug-likeness (QED) is 0.687. The maximum absolute atomic E-state index is 10.1. The lowest BCUT2D eigenvalue weighted by atomic mass is 10.2. The summed E-state index contributed by atoms with van der Waals surface area (Å²) in [5.41, 5.74) is 0.870. The maximum atomic E-state index is 10.1. The molecule has 3 N–H and O–H groups in total. The summed E-state index contributed by atoms with van der Waals surface area (Å²) >= 11 is 0. The summed E-state index contributed by atoms with van der Waals surface area (Å²) in [6.07, 6.45) is 4.94. The van der Waals surface area contributed by atoms with Crippen molar-refractivity contribution in [2.75, 3.05) is 0 Å². The zero-order chi connectivity index (χ0) is 8.81. The number of rotatable bonds is 3. The SMILES string of the molecule is O.O=C(O)C=CCc1ccccn1. The second kappa shape index (κ2) is 5.91. The lowest BCUT2D eigenvalue weighted by molar-refractivity contribution is -0.131. The molecule has 0 aliphatic rings. The van der Waals surface area contributed by atoms with Crippen LogP contribution in [-0.2, 0) is 11.2 Å². The van der Waals surface area contributed by atoms with Gasteiger partial charge in [0.05, 0.1) is 0 Å². The molecular weight excluding hydrogens is 170 g/mol. The van der Waals surface area contributed by atoms with Gasteiger partial charge >= 0.3 is 5.97 Å². The van der Waals surface area contributed by atoms with Crippen LogP contribution in [0.1, 0.15) is 5.69 Å². The van der Waals surface area contributed by atoms with Crippen molar-refractivity contribution in [3.8, 4) is 0 Å². The van der Waals surface area contributed by atoms with Crippen LogP contribution in [0.4, 0.5) is 0 Å². The van der Waals surface area contributed by atoms with Crippen molar-refractivity contribution < 1.29 is 15.4 Å². The highest BCUT2D eigenvalue weighted by Gasteiger charge is 1.88. The van der Waals surface area contributed by atoms with Crippen LogP contribution in [0.2, 0.25) is 0 Å². The van der Waals surface area contributed by atoms with Gasteiger partial charge in [0.2, 0.25) is 0 Å². The predicted molar refractivity (Wildman–Crippen MR) is 48.3 cm³/mol. The molecule has 70 valence electrons. The Morgan fingerprint density at radius 2 is 2.31 bits per heavy atom. The molecule has 0 aromatic carbocycles. The summed E-state index contributed by atoms with van der Waals surface area (Å²) in [4.78, 5) is 14.1. The Bertz CT molecular complexity index is 282. The number of carbonyl (C=O) groups is 1. The van der Waals surface area contributed by atoms with E-state index >= 15 is 0 Å². The Morgan fingerprint density at radius 1 is 1.54 bits per heavy atom. The maximum Gasteiger partial charge on any atom is 0.327 e. The number of hydrogen-bond donors (Lipinski definition) is 1. The molecule has 0 amide bonds. The topological polar surface area (TPSA) is 81.7 Å². The zero-order valence-electron chi connectivity index (χ0n) is 6.97. The third-order valence-electron chi connectivity index (χ3n) is 1.31. The molecule has 0 aliphatic heterocycles. The van der Waals surface area contributed by atoms with Gasteiger partial charge in [-0.05, 0) is 12.1 Å². The highest BCUT2D eigenvalue weighted by atomic mass is 16.4. The first kappa shape index (κ1) is 11.3. The van der Waals surface area contributed by atoms with Crippen LogP contribution in [0.3, 0.4) is 0 Å². The van der Waals surface area contributed by atoms with Gasteiger partial charge in [-0.15, -0.1) is 0 Å². The van der Waals surface area contributed by atoms with E-state index in [-0.39, 0.29) is 5.48 Å². The molecule has 0 spiro atoms. The van der Waals surface area contributed by atoms with Gasteiger partial charge < -0.3 is 10.6 Å². The number of aliphatic carboxylic acids is 1. The smallest absolute Gasteiger partial charge is 0.327 e. The average molecular weight is 181 g/mol. The molecule has 0 saturated carbocycles. The van der Waals surface area contributed by atoms with Crippen molar-refractivity contribution in [1.29, 1.82) is 0 Å². The first-order chi connectivity index (χ1) is 5.79. The summed E-state index contributed by atoms with van der Waals surface area (Å²) in [5.74, 6) is -0.925. The van der Waals surface area contributed by atoms with Crippen molar-refractivity contribution in [3.05, 3.63) is 42.2 Å². The summed E-state index contributed by atoms with van der Waals surface area (Å²) in [6.45, 7) is 0. The highest BCUT2D eigenvalue weighted by Crippen LogP contribution is 1.94. The number of hydrogen-bond acceptors (Lipinski definition) is 2. The van der Waals surface area contributed by atoms with Crippen molar-refractivity contribution >= 4 is 5.97 Å². The van der Waals surface area contributed by atoms with E-state index < -0.39 is 5.97 Å². The Balaban J connectivity index is 0.00000144. The van der Waals surface area contributed by atoms with Crippen LogP contribution in [0.5, 0.6) is 0 Å². The third kappa shape index (κ3) is 4.71. The number of allylic oxidation sites excluding steroid dienone is 1. The molecule has 0 fully saturated rings. The molecular formula is C9H11NO3. The summed E-state index contributed by atoms with van der Waals surface area (Å²) in [6, 6.07) is 5.55. The van der Waals surface area contributed by atoms with E-state index in [0.29, 0.717) is 6.42 Å². The molecule has 0 saturated heterocycles. The van der Waals surface area contributed by atoms with Gasteiger partial charge in [-0.2, -0.15) is 0 Å². The van der Waals surface area contributed by atoms with E-state index in [4.69, 9.17) is 5.11 Å². The second-order valence-corrected chi connectivity index (χ2v) is 2.27. The van der Waals surface area contributed by atoms with E-state index in [9.17, 15) is 4.79 Å². The van der Waals surface area contributed by atoms with Gasteiger partial charge in [0, 0.05) is 24.4 Å². The molecule has 0 atom stereocenters. The monoisotopic (exact) mass is 181 g/mol. The van der Waals surface area contributed by atoms with Gasteiger partial charge in [-0.3, -0.25) is 4.98 Å². The molecule has 0 unspecified atom stereocenters. The zero-order valence-corrected chi connectivity index (χ0v) is 6.97. The van der Waals surface area contributed by atoms with Crippen molar-refractivity contribution in [2.24, 2.45) is 0 Å². The Morgan fingerprint density at radius 3 is 2.85 bits per heavy atom. The van der Waals surface area contributed by atoms with Crippen LogP contribution in [-0.4, -0.2) is 21.5 Å². The Kier molecular flexibility index (Phi) is 5.14. The van der Waals surface area contributed by atoms with Gasteiger partial charge in [0.15, 0.2) is 0 Å². The molecule has 0 bridgehead atoms. The van der Waals surface area contributed by atoms with Crippen LogP contribution < -0.4 is 0 Å². The lowest BCUT2D eigenvalue weighted by Crippen LogP contribution is -1.89. The molecule has 1 aromatic heterocycles. The van der Waals surface area contributed by atoms with Crippen LogP contribution >= 0.6 is 0 Å². The summed E-state index contributed by atoms with van der Waals surface area (Å²) in [5, 5.41) is 8.28. The van der Waals surface area contributed by atoms with Crippen LogP contribution in [0.25, 0.3) is 0 Å². The van der Waals surface area contributed by atoms with E-state index in [0.717, 1.165) is 11.8 Å². The fourth-order valence-electron chi connectivity index (χ4n) is 0.799. The predicted octanol–water partition coefficient (Wildman–Crippen LogP) is 0.440. The summed E-state index contributed by atoms with van der Waals surface area (Å²) in [7, 11) is 0. The fraction of sp³-hybridized carbons (Fsp3) is 0.111. The molecule has 0 aliphatic carbocycles. The van der Waals surface area contributed by atoms with E-state index in [1.165, 1.54) is 0 Å². The second-order valence-electron chi connectivity index (χ2n) is 2.27. The largest absolute Gasteiger partial charge is 0.478 e. The van der Waals surface area contributed by atoms with Crippen molar-refractivity contribution in [3.63, 3.8) is 0 Å². The number of pyridine rings is 1.